The van der Waals surface area contributed by atoms with Crippen LogP contribution in [0, 0.1) is 17.3 Å². The summed E-state index contributed by atoms with van der Waals surface area (Å²) in [4.78, 5) is 19.6. The Bertz CT molecular complexity index is 1390. The van der Waals surface area contributed by atoms with Gasteiger partial charge in [0.15, 0.2) is 11.5 Å². The molecule has 0 unspecified atom stereocenters. The number of hydrogen-bond acceptors (Lipinski definition) is 6. The van der Waals surface area contributed by atoms with E-state index in [4.69, 9.17) is 14.2 Å². The van der Waals surface area contributed by atoms with Crippen LogP contribution in [-0.4, -0.2) is 61.1 Å². The predicted octanol–water partition coefficient (Wildman–Crippen LogP) is 6.86. The van der Waals surface area contributed by atoms with Crippen molar-refractivity contribution in [1.29, 1.82) is 0 Å². The number of aliphatic hydroxyl groups is 1. The molecule has 7 heteroatoms. The van der Waals surface area contributed by atoms with Gasteiger partial charge in [-0.15, -0.1) is 0 Å². The first kappa shape index (κ1) is 28.7. The number of aryl methyl sites for hydroxylation is 1. The molecule has 2 aliphatic heterocycles. The third-order valence-corrected chi connectivity index (χ3v) is 11.4. The Balaban J connectivity index is 0.882. The van der Waals surface area contributed by atoms with Gasteiger partial charge in [-0.3, -0.25) is 9.79 Å². The summed E-state index contributed by atoms with van der Waals surface area (Å²) in [6.07, 6.45) is 13.5. The molecule has 5 aliphatic rings. The summed E-state index contributed by atoms with van der Waals surface area (Å²) in [5, 5.41) is 10.7. The molecule has 2 saturated carbocycles. The minimum absolute atomic E-state index is 0.0225. The van der Waals surface area contributed by atoms with Crippen LogP contribution >= 0.6 is 0 Å². The van der Waals surface area contributed by atoms with Crippen LogP contribution in [0.2, 0.25) is 0 Å². The third kappa shape index (κ3) is 5.22. The maximum absolute atomic E-state index is 13.1. The molecule has 0 bridgehead atoms. The first-order valence-corrected chi connectivity index (χ1v) is 16.6. The maximum atomic E-state index is 13.1. The standard InChI is InChI=1S/C36H46N2O5/c1-36-15-14-27-26-11-9-25(19-23(26)8-10-28(27)30(36)12-13-34(36)39)42-17-4-3-5-18-43-33-21-31-29(20-32(33)41-2)35(40)38-16-6-7-24(38)22-37-31/h9,11,19-22,24,27-28,30,34,39H,3-8,10,12-18H2,1-2H3/t24-,27+,28+,30-,34-,36-/m0/s1. The minimum atomic E-state index is -0.113. The highest BCUT2D eigenvalue weighted by Crippen LogP contribution is 2.61. The second-order valence-corrected chi connectivity index (χ2v) is 13.7. The third-order valence-electron chi connectivity index (χ3n) is 11.4. The number of benzene rings is 2. The average molecular weight is 587 g/mol. The number of amides is 1. The molecule has 2 aromatic rings. The van der Waals surface area contributed by atoms with Crippen LogP contribution in [0.5, 0.6) is 17.2 Å². The van der Waals surface area contributed by atoms with Crippen molar-refractivity contribution in [2.45, 2.75) is 95.6 Å². The fourth-order valence-corrected chi connectivity index (χ4v) is 8.99. The molecule has 7 nitrogen and oxygen atoms in total. The van der Waals surface area contributed by atoms with Gasteiger partial charge in [0.1, 0.15) is 5.75 Å². The number of nitrogens with zero attached hydrogens (tertiary/aromatic N) is 2. The Morgan fingerprint density at radius 1 is 1.00 bits per heavy atom. The number of carbonyl (C=O) groups is 1. The highest BCUT2D eigenvalue weighted by molar-refractivity contribution is 6.03. The van der Waals surface area contributed by atoms with Gasteiger partial charge in [0.25, 0.3) is 5.91 Å². The van der Waals surface area contributed by atoms with Crippen LogP contribution in [0.4, 0.5) is 5.69 Å². The molecule has 43 heavy (non-hydrogen) atoms. The number of unbranched alkanes of at least 4 members (excludes halogenated alkanes) is 2. The molecule has 230 valence electrons. The van der Waals surface area contributed by atoms with Crippen molar-refractivity contribution < 1.29 is 24.1 Å². The van der Waals surface area contributed by atoms with Crippen LogP contribution in [0.25, 0.3) is 0 Å². The highest BCUT2D eigenvalue weighted by Gasteiger charge is 2.54. The molecular formula is C36H46N2O5. The predicted molar refractivity (Wildman–Crippen MR) is 167 cm³/mol. The van der Waals surface area contributed by atoms with Crippen molar-refractivity contribution in [3.63, 3.8) is 0 Å². The number of ether oxygens (including phenoxy) is 3. The van der Waals surface area contributed by atoms with Gasteiger partial charge in [-0.05, 0) is 123 Å². The molecule has 1 N–H and O–H groups in total. The SMILES string of the molecule is COc1cc2c(cc1OCCCCCOc1ccc3c(c1)CC[C@@H]1[C@@H]3CC[C@]3(C)[C@@H](O)CC[C@@H]13)N=C[C@@H]1CCCN1C2=O. The van der Waals surface area contributed by atoms with Gasteiger partial charge >= 0.3 is 0 Å². The summed E-state index contributed by atoms with van der Waals surface area (Å²) in [6.45, 7) is 4.38. The van der Waals surface area contributed by atoms with Gasteiger partial charge < -0.3 is 24.2 Å². The molecule has 3 aliphatic carbocycles. The smallest absolute Gasteiger partial charge is 0.256 e. The highest BCUT2D eigenvalue weighted by atomic mass is 16.5. The van der Waals surface area contributed by atoms with E-state index in [1.54, 1.807) is 13.2 Å². The molecule has 2 heterocycles. The maximum Gasteiger partial charge on any atom is 0.256 e. The monoisotopic (exact) mass is 586 g/mol. The Hall–Kier alpha value is -3.06. The van der Waals surface area contributed by atoms with Gasteiger partial charge in [-0.2, -0.15) is 0 Å². The topological polar surface area (TPSA) is 80.6 Å². The molecule has 3 fully saturated rings. The Morgan fingerprint density at radius 3 is 2.72 bits per heavy atom. The molecule has 1 saturated heterocycles. The van der Waals surface area contributed by atoms with Crippen molar-refractivity contribution >= 4 is 17.8 Å². The summed E-state index contributed by atoms with van der Waals surface area (Å²) in [6, 6.07) is 10.5. The zero-order chi connectivity index (χ0) is 29.6. The van der Waals surface area contributed by atoms with E-state index in [1.165, 1.54) is 30.4 Å². The molecule has 6 atom stereocenters. The van der Waals surface area contributed by atoms with E-state index >= 15 is 0 Å². The summed E-state index contributed by atoms with van der Waals surface area (Å²) in [5.74, 6) is 4.24. The Labute approximate surface area is 255 Å². The van der Waals surface area contributed by atoms with Gasteiger partial charge in [-0.25, -0.2) is 0 Å². The quantitative estimate of drug-likeness (QED) is 0.325. The minimum Gasteiger partial charge on any atom is -0.494 e. The lowest BCUT2D eigenvalue weighted by atomic mass is 9.55. The first-order valence-electron chi connectivity index (χ1n) is 16.6. The normalized spacial score (nSPS) is 30.5. The van der Waals surface area contributed by atoms with Crippen molar-refractivity contribution in [3.05, 3.63) is 47.0 Å². The van der Waals surface area contributed by atoms with Crippen LogP contribution < -0.4 is 14.2 Å². The lowest BCUT2D eigenvalue weighted by Crippen LogP contribution is -2.43. The number of fused-ring (bicyclic) bond motifs is 7. The molecular weight excluding hydrogens is 540 g/mol. The summed E-state index contributed by atoms with van der Waals surface area (Å²) in [5.41, 5.74) is 4.37. The fourth-order valence-electron chi connectivity index (χ4n) is 8.99. The number of carbonyl (C=O) groups excluding carboxylic acids is 1. The second kappa shape index (κ2) is 11.8. The summed E-state index contributed by atoms with van der Waals surface area (Å²) >= 11 is 0. The average Bonchev–Trinajstić information content (AvgIpc) is 3.59. The van der Waals surface area contributed by atoms with Crippen molar-refractivity contribution in [2.75, 3.05) is 26.9 Å². The van der Waals surface area contributed by atoms with Crippen molar-refractivity contribution in [1.82, 2.24) is 4.90 Å². The Morgan fingerprint density at radius 2 is 1.86 bits per heavy atom. The fraction of sp³-hybridized carbons (Fsp3) is 0.611. The molecule has 2 aromatic carbocycles. The number of hydrogen-bond donors (Lipinski definition) is 1. The van der Waals surface area contributed by atoms with E-state index in [9.17, 15) is 9.90 Å². The van der Waals surface area contributed by atoms with Gasteiger partial charge in [0, 0.05) is 18.8 Å². The lowest BCUT2D eigenvalue weighted by Gasteiger charge is -2.50. The van der Waals surface area contributed by atoms with Gasteiger partial charge in [0.05, 0.1) is 43.7 Å². The van der Waals surface area contributed by atoms with E-state index < -0.39 is 0 Å². The van der Waals surface area contributed by atoms with E-state index in [0.29, 0.717) is 47.8 Å². The van der Waals surface area contributed by atoms with Gasteiger partial charge in [-0.1, -0.05) is 13.0 Å². The van der Waals surface area contributed by atoms with Crippen molar-refractivity contribution in [2.24, 2.45) is 22.2 Å². The van der Waals surface area contributed by atoms with Crippen molar-refractivity contribution in [3.8, 4) is 17.2 Å². The molecule has 0 spiro atoms. The van der Waals surface area contributed by atoms with E-state index in [1.807, 2.05) is 17.2 Å². The Kier molecular flexibility index (Phi) is 7.87. The van der Waals surface area contributed by atoms with Crippen LogP contribution in [0.3, 0.4) is 0 Å². The zero-order valence-corrected chi connectivity index (χ0v) is 25.7. The number of aliphatic imine (C=N–C) groups is 1. The number of aliphatic hydroxyl groups excluding tert-OH is 1. The van der Waals surface area contributed by atoms with Crippen LogP contribution in [-0.2, 0) is 6.42 Å². The first-order chi connectivity index (χ1) is 21.0. The number of methoxy groups -OCH3 is 1. The molecule has 0 aromatic heterocycles. The number of rotatable bonds is 9. The van der Waals surface area contributed by atoms with E-state index in [-0.39, 0.29) is 23.5 Å². The zero-order valence-electron chi connectivity index (χ0n) is 25.7. The second-order valence-electron chi connectivity index (χ2n) is 13.7. The molecule has 1 amide bonds. The van der Waals surface area contributed by atoms with E-state index in [0.717, 1.165) is 69.6 Å². The largest absolute Gasteiger partial charge is 0.494 e. The molecule has 0 radical (unpaired) electrons. The molecule has 7 rings (SSSR count). The summed E-state index contributed by atoms with van der Waals surface area (Å²) < 4.78 is 17.8. The van der Waals surface area contributed by atoms with Crippen LogP contribution in [0.15, 0.2) is 35.3 Å². The van der Waals surface area contributed by atoms with Gasteiger partial charge in [0.2, 0.25) is 0 Å². The summed E-state index contributed by atoms with van der Waals surface area (Å²) in [7, 11) is 1.61. The lowest BCUT2D eigenvalue weighted by molar-refractivity contribution is -0.0226. The van der Waals surface area contributed by atoms with Crippen LogP contribution in [0.1, 0.15) is 98.5 Å². The van der Waals surface area contributed by atoms with E-state index in [2.05, 4.69) is 30.1 Å².